The number of hydrogen-bond donors (Lipinski definition) is 0. The third-order valence-electron chi connectivity index (χ3n) is 2.87. The summed E-state index contributed by atoms with van der Waals surface area (Å²) in [5.74, 6) is 0.887. The Hall–Kier alpha value is -0.660. The highest BCUT2D eigenvalue weighted by Gasteiger charge is 2.27. The highest BCUT2D eigenvalue weighted by Crippen LogP contribution is 2.27. The summed E-state index contributed by atoms with van der Waals surface area (Å²) in [4.78, 5) is 0. The first-order valence-electron chi connectivity index (χ1n) is 5.49. The average Bonchev–Trinajstić information content (AvgIpc) is 2.73. The second-order valence-electron chi connectivity index (χ2n) is 3.91. The van der Waals surface area contributed by atoms with E-state index in [0.29, 0.717) is 25.6 Å². The van der Waals surface area contributed by atoms with Gasteiger partial charge < -0.3 is 9.30 Å². The number of hydrogen-bond acceptors (Lipinski definition) is 5. The van der Waals surface area contributed by atoms with Crippen LogP contribution in [0.3, 0.4) is 0 Å². The molecule has 0 atom stereocenters. The largest absolute Gasteiger partial charge is 0.381 e. The number of rotatable bonds is 3. The molecule has 2 heterocycles. The minimum atomic E-state index is -3.83. The van der Waals surface area contributed by atoms with E-state index in [1.165, 1.54) is 0 Å². The first kappa shape index (κ1) is 12.8. The summed E-state index contributed by atoms with van der Waals surface area (Å²) in [5, 5.41) is 7.49. The standard InChI is InChI=1S/C9H14ClN3O3S/c1-2-13-8(7-3-5-16-6-4-7)11-12-9(13)17(10,14)15/h7H,2-6H2,1H3. The molecule has 1 saturated heterocycles. The van der Waals surface area contributed by atoms with Crippen LogP contribution < -0.4 is 0 Å². The molecular formula is C9H14ClN3O3S. The first-order valence-corrected chi connectivity index (χ1v) is 7.80. The lowest BCUT2D eigenvalue weighted by Gasteiger charge is -2.21. The minimum absolute atomic E-state index is 0.164. The van der Waals surface area contributed by atoms with Gasteiger partial charge in [0.2, 0.25) is 0 Å². The van der Waals surface area contributed by atoms with Crippen molar-refractivity contribution in [3.8, 4) is 0 Å². The number of ether oxygens (including phenoxy) is 1. The van der Waals surface area contributed by atoms with Crippen molar-refractivity contribution in [1.29, 1.82) is 0 Å². The Kier molecular flexibility index (Phi) is 3.70. The highest BCUT2D eigenvalue weighted by molar-refractivity contribution is 8.13. The smallest absolute Gasteiger partial charge is 0.296 e. The van der Waals surface area contributed by atoms with E-state index in [1.807, 2.05) is 6.92 Å². The second kappa shape index (κ2) is 4.91. The lowest BCUT2D eigenvalue weighted by atomic mass is 9.99. The third-order valence-corrected chi connectivity index (χ3v) is 4.02. The molecule has 96 valence electrons. The van der Waals surface area contributed by atoms with Crippen molar-refractivity contribution in [2.24, 2.45) is 0 Å². The lowest BCUT2D eigenvalue weighted by molar-refractivity contribution is 0.0826. The minimum Gasteiger partial charge on any atom is -0.381 e. The molecule has 1 fully saturated rings. The van der Waals surface area contributed by atoms with E-state index in [0.717, 1.165) is 12.8 Å². The van der Waals surface area contributed by atoms with Gasteiger partial charge in [-0.25, -0.2) is 8.42 Å². The molecule has 1 aromatic rings. The Bertz CT molecular complexity index is 494. The third kappa shape index (κ3) is 2.61. The molecule has 1 aliphatic rings. The van der Waals surface area contributed by atoms with Crippen molar-refractivity contribution in [2.75, 3.05) is 13.2 Å². The van der Waals surface area contributed by atoms with Gasteiger partial charge in [0.05, 0.1) is 0 Å². The second-order valence-corrected chi connectivity index (χ2v) is 6.37. The van der Waals surface area contributed by atoms with Crippen molar-refractivity contribution < 1.29 is 13.2 Å². The highest BCUT2D eigenvalue weighted by atomic mass is 35.7. The fourth-order valence-corrected chi connectivity index (χ4v) is 3.00. The Morgan fingerprint density at radius 2 is 2.06 bits per heavy atom. The quantitative estimate of drug-likeness (QED) is 0.775. The van der Waals surface area contributed by atoms with Crippen molar-refractivity contribution in [1.82, 2.24) is 14.8 Å². The fourth-order valence-electron chi connectivity index (χ4n) is 2.04. The average molecular weight is 280 g/mol. The fraction of sp³-hybridized carbons (Fsp3) is 0.778. The van der Waals surface area contributed by atoms with Gasteiger partial charge in [-0.05, 0) is 19.8 Å². The van der Waals surface area contributed by atoms with Crippen LogP contribution in [0.25, 0.3) is 0 Å². The molecule has 0 aromatic carbocycles. The molecule has 0 unspecified atom stereocenters. The molecule has 0 radical (unpaired) electrons. The Balaban J connectivity index is 2.38. The predicted molar refractivity (Wildman–Crippen MR) is 61.5 cm³/mol. The van der Waals surface area contributed by atoms with Crippen molar-refractivity contribution in [2.45, 2.75) is 37.4 Å². The molecule has 6 nitrogen and oxygen atoms in total. The van der Waals surface area contributed by atoms with E-state index < -0.39 is 9.05 Å². The Labute approximate surface area is 104 Å². The predicted octanol–water partition coefficient (Wildman–Crippen LogP) is 1.12. The van der Waals surface area contributed by atoms with E-state index in [2.05, 4.69) is 10.2 Å². The van der Waals surface area contributed by atoms with Gasteiger partial charge in [0.25, 0.3) is 14.2 Å². The zero-order valence-electron chi connectivity index (χ0n) is 9.47. The van der Waals surface area contributed by atoms with Crippen LogP contribution in [0.15, 0.2) is 5.16 Å². The van der Waals surface area contributed by atoms with Crippen LogP contribution in [0.2, 0.25) is 0 Å². The normalized spacial score (nSPS) is 18.5. The SMILES string of the molecule is CCn1c(C2CCOCC2)nnc1S(=O)(=O)Cl. The van der Waals surface area contributed by atoms with Crippen LogP contribution in [0.4, 0.5) is 0 Å². The van der Waals surface area contributed by atoms with Crippen LogP contribution in [-0.4, -0.2) is 36.4 Å². The first-order chi connectivity index (χ1) is 8.04. The maximum absolute atomic E-state index is 11.3. The van der Waals surface area contributed by atoms with Gasteiger partial charge in [0, 0.05) is 36.4 Å². The molecule has 0 N–H and O–H groups in total. The van der Waals surface area contributed by atoms with Gasteiger partial charge in [-0.1, -0.05) is 0 Å². The van der Waals surface area contributed by atoms with Gasteiger partial charge in [-0.3, -0.25) is 0 Å². The zero-order chi connectivity index (χ0) is 12.5. The maximum Gasteiger partial charge on any atom is 0.296 e. The van der Waals surface area contributed by atoms with Gasteiger partial charge in [0.1, 0.15) is 5.82 Å². The molecule has 1 aliphatic heterocycles. The lowest BCUT2D eigenvalue weighted by Crippen LogP contribution is -2.18. The van der Waals surface area contributed by atoms with E-state index in [-0.39, 0.29) is 11.1 Å². The Morgan fingerprint density at radius 1 is 1.41 bits per heavy atom. The molecule has 0 amide bonds. The number of aromatic nitrogens is 3. The van der Waals surface area contributed by atoms with Crippen LogP contribution in [0, 0.1) is 0 Å². The molecule has 1 aromatic heterocycles. The van der Waals surface area contributed by atoms with Crippen LogP contribution in [0.5, 0.6) is 0 Å². The van der Waals surface area contributed by atoms with Crippen LogP contribution in [-0.2, 0) is 20.3 Å². The number of nitrogens with zero attached hydrogens (tertiary/aromatic N) is 3. The summed E-state index contributed by atoms with van der Waals surface area (Å²) >= 11 is 0. The molecule has 0 bridgehead atoms. The molecule has 2 rings (SSSR count). The van der Waals surface area contributed by atoms with Crippen molar-refractivity contribution in [3.05, 3.63) is 5.82 Å². The molecule has 8 heteroatoms. The summed E-state index contributed by atoms with van der Waals surface area (Å²) in [7, 11) is 1.49. The summed E-state index contributed by atoms with van der Waals surface area (Å²) in [6, 6.07) is 0. The van der Waals surface area contributed by atoms with Gasteiger partial charge in [0.15, 0.2) is 0 Å². The summed E-state index contributed by atoms with van der Waals surface area (Å²) < 4.78 is 29.5. The van der Waals surface area contributed by atoms with Gasteiger partial charge in [-0.15, -0.1) is 10.2 Å². The van der Waals surface area contributed by atoms with E-state index >= 15 is 0 Å². The maximum atomic E-state index is 11.3. The topological polar surface area (TPSA) is 74.1 Å². The van der Waals surface area contributed by atoms with E-state index in [1.54, 1.807) is 4.57 Å². The molecule has 17 heavy (non-hydrogen) atoms. The molecule has 0 aliphatic carbocycles. The molecule has 0 saturated carbocycles. The summed E-state index contributed by atoms with van der Waals surface area (Å²) in [5.41, 5.74) is 0. The number of halogens is 1. The van der Waals surface area contributed by atoms with Crippen molar-refractivity contribution in [3.63, 3.8) is 0 Å². The molecule has 0 spiro atoms. The monoisotopic (exact) mass is 279 g/mol. The van der Waals surface area contributed by atoms with E-state index in [9.17, 15) is 8.42 Å². The van der Waals surface area contributed by atoms with E-state index in [4.69, 9.17) is 15.4 Å². The van der Waals surface area contributed by atoms with Gasteiger partial charge >= 0.3 is 0 Å². The summed E-state index contributed by atoms with van der Waals surface area (Å²) in [6.45, 7) is 3.67. The Morgan fingerprint density at radius 3 is 2.59 bits per heavy atom. The summed E-state index contributed by atoms with van der Waals surface area (Å²) in [6.07, 6.45) is 1.67. The van der Waals surface area contributed by atoms with Crippen molar-refractivity contribution >= 4 is 19.7 Å². The van der Waals surface area contributed by atoms with Gasteiger partial charge in [-0.2, -0.15) is 0 Å². The van der Waals surface area contributed by atoms with Crippen LogP contribution >= 0.6 is 10.7 Å². The van der Waals surface area contributed by atoms with Crippen LogP contribution in [0.1, 0.15) is 31.5 Å². The molecular weight excluding hydrogens is 266 g/mol. The zero-order valence-corrected chi connectivity index (χ0v) is 11.0.